The summed E-state index contributed by atoms with van der Waals surface area (Å²) in [7, 11) is -3.83. The van der Waals surface area contributed by atoms with Crippen molar-refractivity contribution in [3.05, 3.63) is 35.1 Å². The van der Waals surface area contributed by atoms with Crippen LogP contribution in [0.1, 0.15) is 49.7 Å². The molecule has 0 spiro atoms. The third-order valence-electron chi connectivity index (χ3n) is 8.30. The molecule has 1 saturated carbocycles. The number of nitrogens with zero attached hydrogens (tertiary/aromatic N) is 3. The highest BCUT2D eigenvalue weighted by molar-refractivity contribution is 7.86. The zero-order chi connectivity index (χ0) is 28.2. The number of alkyl halides is 3. The number of hydrogen-bond acceptors (Lipinski definition) is 5. The number of rotatable bonds is 7. The lowest BCUT2D eigenvalue weighted by Gasteiger charge is -2.48. The van der Waals surface area contributed by atoms with E-state index in [2.05, 4.69) is 5.32 Å². The van der Waals surface area contributed by atoms with Crippen LogP contribution >= 0.6 is 0 Å². The summed E-state index contributed by atoms with van der Waals surface area (Å²) in [5, 5.41) is 13.1. The average molecular weight is 577 g/mol. The minimum atomic E-state index is -4.68. The Balaban J connectivity index is 1.18. The Morgan fingerprint density at radius 3 is 2.38 bits per heavy atom. The molecule has 3 heterocycles. The van der Waals surface area contributed by atoms with Crippen LogP contribution in [0.5, 0.6) is 0 Å². The number of carbonyl (C=O) groups excluding carboxylic acids is 2. The van der Waals surface area contributed by atoms with E-state index in [1.54, 1.807) is 0 Å². The topological polar surface area (TPSA) is 110 Å². The Kier molecular flexibility index (Phi) is 7.44. The van der Waals surface area contributed by atoms with Crippen LogP contribution in [-0.4, -0.2) is 83.2 Å². The molecule has 14 heteroatoms. The van der Waals surface area contributed by atoms with Gasteiger partial charge in [-0.1, -0.05) is 6.07 Å². The number of β-amino-alcohol motifs (C(OH)–C–C–N with tert-alkyl or cyclic N) is 1. The second-order valence-corrected chi connectivity index (χ2v) is 13.0. The van der Waals surface area contributed by atoms with Gasteiger partial charge in [-0.05, 0) is 56.6 Å². The summed E-state index contributed by atoms with van der Waals surface area (Å²) in [6.07, 6.45) is -1.01. The van der Waals surface area contributed by atoms with Gasteiger partial charge in [-0.2, -0.15) is 30.2 Å². The molecule has 1 aromatic carbocycles. The quantitative estimate of drug-likeness (QED) is 0.482. The molecule has 3 aliphatic heterocycles. The molecule has 0 radical (unpaired) electrons. The molecule has 2 amide bonds. The highest BCUT2D eigenvalue weighted by atomic mass is 32.2. The molecule has 3 saturated heterocycles. The molecule has 4 fully saturated rings. The van der Waals surface area contributed by atoms with Crippen LogP contribution in [-0.2, 0) is 32.5 Å². The summed E-state index contributed by atoms with van der Waals surface area (Å²) in [5.74, 6) is -2.44. The van der Waals surface area contributed by atoms with E-state index in [1.807, 2.05) is 0 Å². The maximum absolute atomic E-state index is 14.2. The van der Waals surface area contributed by atoms with Crippen LogP contribution < -0.4 is 5.32 Å². The maximum atomic E-state index is 14.2. The first kappa shape index (κ1) is 28.2. The van der Waals surface area contributed by atoms with E-state index in [0.717, 1.165) is 25.0 Å². The largest absolute Gasteiger partial charge is 0.416 e. The second-order valence-electron chi connectivity index (χ2n) is 11.1. The lowest BCUT2D eigenvalue weighted by molar-refractivity contribution is -0.142. The molecular weight excluding hydrogens is 544 g/mol. The predicted molar refractivity (Wildman–Crippen MR) is 130 cm³/mol. The van der Waals surface area contributed by atoms with E-state index in [0.29, 0.717) is 38.3 Å². The van der Waals surface area contributed by atoms with Gasteiger partial charge < -0.3 is 15.3 Å². The van der Waals surface area contributed by atoms with Gasteiger partial charge in [-0.15, -0.1) is 0 Å². The summed E-state index contributed by atoms with van der Waals surface area (Å²) in [6.45, 7) is 0.357. The van der Waals surface area contributed by atoms with Gasteiger partial charge in [-0.25, -0.2) is 4.39 Å². The van der Waals surface area contributed by atoms with Crippen molar-refractivity contribution in [2.75, 3.05) is 32.7 Å². The molecule has 4 aliphatic rings. The molecule has 39 heavy (non-hydrogen) atoms. The summed E-state index contributed by atoms with van der Waals surface area (Å²) < 4.78 is 81.3. The molecule has 1 aromatic rings. The first-order valence-electron chi connectivity index (χ1n) is 13.2. The molecule has 0 unspecified atom stereocenters. The van der Waals surface area contributed by atoms with Gasteiger partial charge in [-0.3, -0.25) is 9.59 Å². The molecule has 2 N–H and O–H groups in total. The van der Waals surface area contributed by atoms with Crippen LogP contribution in [0.2, 0.25) is 0 Å². The van der Waals surface area contributed by atoms with Crippen molar-refractivity contribution in [3.8, 4) is 0 Å². The number of aliphatic hydroxyl groups is 1. The standard InChI is InChI=1S/C25H32F4N4O5S/c26-20-11-19(25(27,28)29)6-5-16(20)12-30-22(34)21-4-2-10-33(21)23(35)17-3-1-9-31(13-17)39(37,38)32-14-24(36,15-32)18-7-8-18/h5-6,11,17-18,21,36H,1-4,7-10,12-15H2,(H,30,34)/t17-,21+/m0/s1. The summed E-state index contributed by atoms with van der Waals surface area (Å²) >= 11 is 0. The smallest absolute Gasteiger partial charge is 0.387 e. The third kappa shape index (κ3) is 5.66. The van der Waals surface area contributed by atoms with Gasteiger partial charge in [0.1, 0.15) is 11.9 Å². The average Bonchev–Trinajstić information content (AvgIpc) is 3.61. The van der Waals surface area contributed by atoms with Gasteiger partial charge in [0.25, 0.3) is 10.2 Å². The number of likely N-dealkylation sites (tertiary alicyclic amines) is 1. The number of halogens is 4. The SMILES string of the molecule is O=C(NCc1ccc(C(F)(F)F)cc1F)[C@H]1CCCN1C(=O)[C@H]1CCCN(S(=O)(=O)N2CC(O)(C3CC3)C2)C1. The second kappa shape index (κ2) is 10.3. The van der Waals surface area contributed by atoms with Gasteiger partial charge in [0.05, 0.1) is 17.1 Å². The van der Waals surface area contributed by atoms with E-state index in [1.165, 1.54) is 13.5 Å². The number of amides is 2. The molecular formula is C25H32F4N4O5S. The van der Waals surface area contributed by atoms with Crippen LogP contribution in [0.3, 0.4) is 0 Å². The molecule has 2 atom stereocenters. The van der Waals surface area contributed by atoms with E-state index < -0.39 is 51.2 Å². The molecule has 0 aromatic heterocycles. The van der Waals surface area contributed by atoms with Crippen molar-refractivity contribution in [3.63, 3.8) is 0 Å². The predicted octanol–water partition coefficient (Wildman–Crippen LogP) is 1.87. The Morgan fingerprint density at radius 2 is 1.74 bits per heavy atom. The number of benzene rings is 1. The van der Waals surface area contributed by atoms with E-state index in [9.17, 15) is 40.7 Å². The normalized spacial score (nSPS) is 26.3. The van der Waals surface area contributed by atoms with E-state index >= 15 is 0 Å². The van der Waals surface area contributed by atoms with E-state index in [4.69, 9.17) is 0 Å². The van der Waals surface area contributed by atoms with Crippen LogP contribution in [0.15, 0.2) is 18.2 Å². The Bertz CT molecular complexity index is 1230. The highest BCUT2D eigenvalue weighted by Crippen LogP contribution is 2.45. The molecule has 9 nitrogen and oxygen atoms in total. The van der Waals surface area contributed by atoms with Crippen molar-refractivity contribution in [2.45, 2.75) is 62.9 Å². The van der Waals surface area contributed by atoms with Gasteiger partial charge in [0.15, 0.2) is 0 Å². The minimum absolute atomic E-state index is 0.0128. The summed E-state index contributed by atoms with van der Waals surface area (Å²) in [6, 6.07) is 1.26. The zero-order valence-corrected chi connectivity index (χ0v) is 22.1. The lowest BCUT2D eigenvalue weighted by atomic mass is 9.91. The first-order chi connectivity index (χ1) is 18.3. The number of nitrogens with one attached hydrogen (secondary N) is 1. The molecule has 1 aliphatic carbocycles. The number of carbonyl (C=O) groups is 2. The van der Waals surface area contributed by atoms with Crippen molar-refractivity contribution in [2.24, 2.45) is 11.8 Å². The van der Waals surface area contributed by atoms with Crippen LogP contribution in [0, 0.1) is 17.7 Å². The van der Waals surface area contributed by atoms with Crippen LogP contribution in [0.4, 0.5) is 17.6 Å². The van der Waals surface area contributed by atoms with Gasteiger partial charge in [0, 0.05) is 44.8 Å². The lowest BCUT2D eigenvalue weighted by Crippen LogP contribution is -2.67. The van der Waals surface area contributed by atoms with Crippen molar-refractivity contribution >= 4 is 22.0 Å². The van der Waals surface area contributed by atoms with Crippen molar-refractivity contribution in [1.29, 1.82) is 0 Å². The summed E-state index contributed by atoms with van der Waals surface area (Å²) in [5.41, 5.74) is -2.20. The first-order valence-corrected chi connectivity index (χ1v) is 14.6. The number of hydrogen-bond donors (Lipinski definition) is 2. The fourth-order valence-corrected chi connectivity index (χ4v) is 7.66. The zero-order valence-electron chi connectivity index (χ0n) is 21.3. The van der Waals surface area contributed by atoms with E-state index in [-0.39, 0.29) is 50.1 Å². The van der Waals surface area contributed by atoms with Crippen molar-refractivity contribution < 1.29 is 40.7 Å². The van der Waals surface area contributed by atoms with Gasteiger partial charge >= 0.3 is 6.18 Å². The molecule has 5 rings (SSSR count). The maximum Gasteiger partial charge on any atom is 0.416 e. The Hall–Kier alpha value is -2.29. The number of piperidine rings is 1. The third-order valence-corrected chi connectivity index (χ3v) is 10.2. The molecule has 216 valence electrons. The van der Waals surface area contributed by atoms with Gasteiger partial charge in [0.2, 0.25) is 11.8 Å². The monoisotopic (exact) mass is 576 g/mol. The molecule has 0 bridgehead atoms. The van der Waals surface area contributed by atoms with Crippen LogP contribution in [0.25, 0.3) is 0 Å². The highest BCUT2D eigenvalue weighted by Gasteiger charge is 2.56. The fraction of sp³-hybridized carbons (Fsp3) is 0.680. The summed E-state index contributed by atoms with van der Waals surface area (Å²) in [4.78, 5) is 27.7. The Labute approximate surface area is 224 Å². The minimum Gasteiger partial charge on any atom is -0.387 e. The Morgan fingerprint density at radius 1 is 1.05 bits per heavy atom. The van der Waals surface area contributed by atoms with Crippen molar-refractivity contribution in [1.82, 2.24) is 18.8 Å². The fourth-order valence-electron chi connectivity index (χ4n) is 5.83.